The van der Waals surface area contributed by atoms with E-state index in [1.807, 2.05) is 36.4 Å². The second kappa shape index (κ2) is 8.17. The third-order valence-electron chi connectivity index (χ3n) is 4.59. The average molecular weight is 350 g/mol. The van der Waals surface area contributed by atoms with Gasteiger partial charge in [0.05, 0.1) is 24.4 Å². The van der Waals surface area contributed by atoms with Crippen LogP contribution in [0.15, 0.2) is 42.6 Å². The van der Waals surface area contributed by atoms with Crippen molar-refractivity contribution >= 4 is 17.2 Å². The number of aromatic nitrogens is 2. The van der Waals surface area contributed by atoms with Crippen molar-refractivity contribution in [2.45, 2.75) is 46.1 Å². The number of pyridine rings is 1. The Morgan fingerprint density at radius 3 is 2.73 bits per heavy atom. The molecule has 0 radical (unpaired) electrons. The van der Waals surface area contributed by atoms with Gasteiger partial charge in [-0.05, 0) is 36.6 Å². The van der Waals surface area contributed by atoms with E-state index in [4.69, 9.17) is 4.74 Å². The number of fused-ring (bicyclic) bond motifs is 1. The van der Waals surface area contributed by atoms with Gasteiger partial charge < -0.3 is 9.30 Å². The molecule has 0 aliphatic rings. The van der Waals surface area contributed by atoms with E-state index in [0.717, 1.165) is 52.7 Å². The standard InChI is InChI=1S/C22H26N2O2/c1-4-5-12-26-18-9-10-19-20(15-25)22(16(2)3)24(21(19)13-18)14-17-8-6-7-11-23-17/h6-11,13,15-16H,4-5,12,14H2,1-3H3. The van der Waals surface area contributed by atoms with E-state index >= 15 is 0 Å². The summed E-state index contributed by atoms with van der Waals surface area (Å²) in [4.78, 5) is 16.3. The molecule has 4 heteroatoms. The van der Waals surface area contributed by atoms with Crippen LogP contribution in [0.3, 0.4) is 0 Å². The van der Waals surface area contributed by atoms with Crippen molar-refractivity contribution in [3.8, 4) is 5.75 Å². The summed E-state index contributed by atoms with van der Waals surface area (Å²) in [5, 5.41) is 0.975. The topological polar surface area (TPSA) is 44.1 Å². The third-order valence-corrected chi connectivity index (χ3v) is 4.59. The number of hydrogen-bond donors (Lipinski definition) is 0. The Balaban J connectivity index is 2.12. The molecular formula is C22H26N2O2. The largest absolute Gasteiger partial charge is 0.494 e. The molecule has 2 heterocycles. The van der Waals surface area contributed by atoms with Crippen LogP contribution in [0.5, 0.6) is 5.75 Å². The molecule has 0 unspecified atom stereocenters. The highest BCUT2D eigenvalue weighted by Gasteiger charge is 2.20. The first-order valence-electron chi connectivity index (χ1n) is 9.29. The van der Waals surface area contributed by atoms with Gasteiger partial charge in [0.2, 0.25) is 0 Å². The van der Waals surface area contributed by atoms with E-state index in [0.29, 0.717) is 13.2 Å². The Hall–Kier alpha value is -2.62. The summed E-state index contributed by atoms with van der Waals surface area (Å²) in [6, 6.07) is 11.9. The molecule has 3 rings (SSSR count). The minimum Gasteiger partial charge on any atom is -0.494 e. The third kappa shape index (κ3) is 3.64. The Bertz CT molecular complexity index is 882. The summed E-state index contributed by atoms with van der Waals surface area (Å²) in [6.45, 7) is 7.73. The highest BCUT2D eigenvalue weighted by atomic mass is 16.5. The van der Waals surface area contributed by atoms with Gasteiger partial charge in [-0.1, -0.05) is 33.3 Å². The summed E-state index contributed by atoms with van der Waals surface area (Å²) < 4.78 is 8.09. The molecule has 0 aliphatic heterocycles. The maximum Gasteiger partial charge on any atom is 0.152 e. The molecule has 26 heavy (non-hydrogen) atoms. The smallest absolute Gasteiger partial charge is 0.152 e. The number of benzene rings is 1. The molecule has 3 aromatic rings. The number of rotatable bonds is 8. The zero-order chi connectivity index (χ0) is 18.5. The van der Waals surface area contributed by atoms with Crippen molar-refractivity contribution in [1.82, 2.24) is 9.55 Å². The quantitative estimate of drug-likeness (QED) is 0.414. The van der Waals surface area contributed by atoms with Gasteiger partial charge in [-0.25, -0.2) is 0 Å². The molecule has 136 valence electrons. The molecule has 0 amide bonds. The van der Waals surface area contributed by atoms with Crippen molar-refractivity contribution in [3.05, 3.63) is 59.5 Å². The number of unbranched alkanes of at least 4 members (excludes halogenated alkanes) is 1. The summed E-state index contributed by atoms with van der Waals surface area (Å²) in [7, 11) is 0. The predicted octanol–water partition coefficient (Wildman–Crippen LogP) is 5.20. The van der Waals surface area contributed by atoms with Gasteiger partial charge >= 0.3 is 0 Å². The SMILES string of the molecule is CCCCOc1ccc2c(C=O)c(C(C)C)n(Cc3ccccn3)c2c1. The van der Waals surface area contributed by atoms with Crippen LogP contribution in [-0.2, 0) is 6.54 Å². The second-order valence-corrected chi connectivity index (χ2v) is 6.86. The monoisotopic (exact) mass is 350 g/mol. The lowest BCUT2D eigenvalue weighted by atomic mass is 10.0. The number of carbonyl (C=O) groups is 1. The first-order chi connectivity index (χ1) is 12.7. The van der Waals surface area contributed by atoms with Crippen LogP contribution < -0.4 is 4.74 Å². The van der Waals surface area contributed by atoms with E-state index < -0.39 is 0 Å². The average Bonchev–Trinajstić information content (AvgIpc) is 2.96. The molecule has 0 bridgehead atoms. The summed E-state index contributed by atoms with van der Waals surface area (Å²) in [5.41, 5.74) is 3.81. The van der Waals surface area contributed by atoms with E-state index in [2.05, 4.69) is 30.3 Å². The fourth-order valence-electron chi connectivity index (χ4n) is 3.37. The zero-order valence-corrected chi connectivity index (χ0v) is 15.7. The van der Waals surface area contributed by atoms with E-state index in [1.54, 1.807) is 6.20 Å². The van der Waals surface area contributed by atoms with E-state index in [-0.39, 0.29) is 5.92 Å². The normalized spacial score (nSPS) is 11.2. The molecule has 0 atom stereocenters. The molecule has 2 aromatic heterocycles. The molecule has 0 saturated heterocycles. The Morgan fingerprint density at radius 1 is 1.23 bits per heavy atom. The number of hydrogen-bond acceptors (Lipinski definition) is 3. The Labute approximate surface area is 154 Å². The summed E-state index contributed by atoms with van der Waals surface area (Å²) in [6.07, 6.45) is 4.91. The highest BCUT2D eigenvalue weighted by Crippen LogP contribution is 2.33. The fraction of sp³-hybridized carbons (Fsp3) is 0.364. The van der Waals surface area contributed by atoms with E-state index in [1.165, 1.54) is 0 Å². The van der Waals surface area contributed by atoms with E-state index in [9.17, 15) is 4.79 Å². The van der Waals surface area contributed by atoms with Crippen LogP contribution in [0.25, 0.3) is 10.9 Å². The minimum atomic E-state index is 0.232. The van der Waals surface area contributed by atoms with Gasteiger partial charge in [0.25, 0.3) is 0 Å². The van der Waals surface area contributed by atoms with Crippen molar-refractivity contribution in [2.75, 3.05) is 6.61 Å². The number of carbonyl (C=O) groups excluding carboxylic acids is 1. The maximum absolute atomic E-state index is 11.8. The molecule has 0 fully saturated rings. The van der Waals surface area contributed by atoms with Crippen molar-refractivity contribution in [2.24, 2.45) is 0 Å². The molecule has 1 aromatic carbocycles. The predicted molar refractivity (Wildman–Crippen MR) is 105 cm³/mol. The molecule has 0 saturated carbocycles. The van der Waals surface area contributed by atoms with Crippen molar-refractivity contribution < 1.29 is 9.53 Å². The zero-order valence-electron chi connectivity index (χ0n) is 15.7. The van der Waals surface area contributed by atoms with Crippen LogP contribution in [0.1, 0.15) is 61.3 Å². The van der Waals surface area contributed by atoms with Crippen molar-refractivity contribution in [1.29, 1.82) is 0 Å². The number of aldehydes is 1. The highest BCUT2D eigenvalue weighted by molar-refractivity contribution is 6.00. The summed E-state index contributed by atoms with van der Waals surface area (Å²) >= 11 is 0. The molecule has 0 N–H and O–H groups in total. The van der Waals surface area contributed by atoms with Gasteiger partial charge in [-0.2, -0.15) is 0 Å². The first kappa shape index (κ1) is 18.2. The van der Waals surface area contributed by atoms with Gasteiger partial charge in [-0.3, -0.25) is 9.78 Å². The number of ether oxygens (including phenoxy) is 1. The molecular weight excluding hydrogens is 324 g/mol. The number of nitrogens with zero attached hydrogens (tertiary/aromatic N) is 2. The van der Waals surface area contributed by atoms with Crippen LogP contribution in [0.2, 0.25) is 0 Å². The maximum atomic E-state index is 11.8. The van der Waals surface area contributed by atoms with Gasteiger partial charge in [0.1, 0.15) is 5.75 Å². The van der Waals surface area contributed by atoms with Crippen LogP contribution in [0, 0.1) is 0 Å². The lowest BCUT2D eigenvalue weighted by Crippen LogP contribution is -2.08. The van der Waals surface area contributed by atoms with Crippen LogP contribution in [0.4, 0.5) is 0 Å². The molecule has 0 aliphatic carbocycles. The molecule has 0 spiro atoms. The lowest BCUT2D eigenvalue weighted by Gasteiger charge is -2.14. The fourth-order valence-corrected chi connectivity index (χ4v) is 3.37. The van der Waals surface area contributed by atoms with Gasteiger partial charge in [0.15, 0.2) is 6.29 Å². The first-order valence-corrected chi connectivity index (χ1v) is 9.29. The Morgan fingerprint density at radius 2 is 2.08 bits per heavy atom. The minimum absolute atomic E-state index is 0.232. The van der Waals surface area contributed by atoms with Gasteiger partial charge in [0, 0.05) is 28.9 Å². The van der Waals surface area contributed by atoms with Crippen LogP contribution in [-0.4, -0.2) is 22.4 Å². The summed E-state index contributed by atoms with van der Waals surface area (Å²) in [5.74, 6) is 1.08. The van der Waals surface area contributed by atoms with Gasteiger partial charge in [-0.15, -0.1) is 0 Å². The Kier molecular flexibility index (Phi) is 5.71. The lowest BCUT2D eigenvalue weighted by molar-refractivity contribution is 0.112. The molecule has 4 nitrogen and oxygen atoms in total. The van der Waals surface area contributed by atoms with Crippen molar-refractivity contribution in [3.63, 3.8) is 0 Å². The van der Waals surface area contributed by atoms with Crippen LogP contribution >= 0.6 is 0 Å². The second-order valence-electron chi connectivity index (χ2n) is 6.86.